The molecule has 10 heteroatoms. The predicted octanol–water partition coefficient (Wildman–Crippen LogP) is 4.94. The van der Waals surface area contributed by atoms with Gasteiger partial charge in [0.1, 0.15) is 5.75 Å². The number of benzene rings is 2. The number of amides is 1. The van der Waals surface area contributed by atoms with Crippen molar-refractivity contribution < 1.29 is 22.7 Å². The Bertz CT molecular complexity index is 1580. The molecule has 2 aliphatic heterocycles. The monoisotopic (exact) mass is 639 g/mol. The standard InChI is InChI=1S/C34H42ClN3O5S/c1-37-16-4-6-30(42-2)27-12-9-24(27)19-38-20-34(15-3-5-23-17-25(35)10-13-28(23)34)21-43-31-14-11-26(18-29(31)38)44(40,41)36-33(39)32(37)22-7-8-22/h4,6,10-11,13-14,17-18,22,24,27,30,32H,3,5,7-9,12,15-16,19-21H2,1-2H3,(H,36,39)/t24-,27+,30+,32-,34-/m0/s1. The molecule has 0 radical (unpaired) electrons. The summed E-state index contributed by atoms with van der Waals surface area (Å²) in [7, 11) is -0.439. The van der Waals surface area contributed by atoms with E-state index in [0.29, 0.717) is 37.3 Å². The van der Waals surface area contributed by atoms with Gasteiger partial charge in [0.2, 0.25) is 0 Å². The van der Waals surface area contributed by atoms with E-state index < -0.39 is 22.0 Å². The molecule has 2 heterocycles. The lowest BCUT2D eigenvalue weighted by atomic mass is 9.68. The Morgan fingerprint density at radius 2 is 1.91 bits per heavy atom. The molecule has 2 fully saturated rings. The van der Waals surface area contributed by atoms with Gasteiger partial charge >= 0.3 is 0 Å². The largest absolute Gasteiger partial charge is 0.490 e. The first-order chi connectivity index (χ1) is 21.2. The molecule has 44 heavy (non-hydrogen) atoms. The van der Waals surface area contributed by atoms with Crippen LogP contribution in [0.1, 0.15) is 49.7 Å². The average molecular weight is 640 g/mol. The third kappa shape index (κ3) is 5.54. The van der Waals surface area contributed by atoms with Crippen molar-refractivity contribution in [2.24, 2.45) is 17.8 Å². The van der Waals surface area contributed by atoms with Gasteiger partial charge in [-0.3, -0.25) is 9.69 Å². The molecule has 5 atom stereocenters. The lowest BCUT2D eigenvalue weighted by Gasteiger charge is -2.46. The summed E-state index contributed by atoms with van der Waals surface area (Å²) in [5.41, 5.74) is 3.04. The summed E-state index contributed by atoms with van der Waals surface area (Å²) in [4.78, 5) is 17.9. The number of ether oxygens (including phenoxy) is 2. The van der Waals surface area contributed by atoms with Crippen molar-refractivity contribution in [1.29, 1.82) is 0 Å². The number of methoxy groups -OCH3 is 1. The minimum atomic E-state index is -4.10. The fraction of sp³-hybridized carbons (Fsp3) is 0.559. The van der Waals surface area contributed by atoms with E-state index in [0.717, 1.165) is 62.2 Å². The molecular weight excluding hydrogens is 598 g/mol. The predicted molar refractivity (Wildman–Crippen MR) is 171 cm³/mol. The molecule has 8 nitrogen and oxygen atoms in total. The van der Waals surface area contributed by atoms with Crippen LogP contribution < -0.4 is 14.4 Å². The van der Waals surface area contributed by atoms with Crippen LogP contribution >= 0.6 is 11.6 Å². The molecule has 0 aromatic heterocycles. The highest BCUT2D eigenvalue weighted by Gasteiger charge is 2.45. The number of likely N-dealkylation sites (N-methyl/N-ethyl adjacent to an activating group) is 1. The highest BCUT2D eigenvalue weighted by Crippen LogP contribution is 2.47. The maximum absolute atomic E-state index is 13.7. The number of nitrogens with zero attached hydrogens (tertiary/aromatic N) is 2. The number of sulfonamides is 1. The van der Waals surface area contributed by atoms with Gasteiger partial charge in [-0.2, -0.15) is 0 Å². The van der Waals surface area contributed by atoms with Gasteiger partial charge in [0, 0.05) is 37.2 Å². The zero-order chi connectivity index (χ0) is 30.6. The Hall–Kier alpha value is -2.59. The van der Waals surface area contributed by atoms with E-state index in [2.05, 4.69) is 33.9 Å². The second kappa shape index (κ2) is 11.6. The van der Waals surface area contributed by atoms with Gasteiger partial charge in [-0.05, 0) is 111 Å². The molecule has 1 N–H and O–H groups in total. The van der Waals surface area contributed by atoms with Crippen LogP contribution in [0.5, 0.6) is 5.75 Å². The smallest absolute Gasteiger partial charge is 0.264 e. The Kier molecular flexibility index (Phi) is 7.96. The molecule has 236 valence electrons. The summed E-state index contributed by atoms with van der Waals surface area (Å²) in [6.45, 7) is 2.51. The summed E-state index contributed by atoms with van der Waals surface area (Å²) >= 11 is 6.42. The van der Waals surface area contributed by atoms with Crippen molar-refractivity contribution in [3.8, 4) is 5.75 Å². The highest BCUT2D eigenvalue weighted by molar-refractivity contribution is 7.90. The summed E-state index contributed by atoms with van der Waals surface area (Å²) in [6, 6.07) is 10.7. The summed E-state index contributed by atoms with van der Waals surface area (Å²) in [5, 5.41) is 0.742. The molecule has 1 spiro atoms. The molecule has 3 aliphatic carbocycles. The van der Waals surface area contributed by atoms with Gasteiger partial charge in [-0.15, -0.1) is 0 Å². The van der Waals surface area contributed by atoms with Crippen molar-refractivity contribution in [2.75, 3.05) is 45.3 Å². The number of hydrogen-bond donors (Lipinski definition) is 1. The molecular formula is C34H42ClN3O5S. The number of hydrogen-bond acceptors (Lipinski definition) is 7. The van der Waals surface area contributed by atoms with E-state index in [1.807, 2.05) is 18.0 Å². The van der Waals surface area contributed by atoms with E-state index >= 15 is 0 Å². The Morgan fingerprint density at radius 3 is 2.66 bits per heavy atom. The quantitative estimate of drug-likeness (QED) is 0.466. The van der Waals surface area contributed by atoms with Crippen LogP contribution in [0.3, 0.4) is 0 Å². The third-order valence-corrected chi connectivity index (χ3v) is 12.3. The first kappa shape index (κ1) is 30.1. The van der Waals surface area contributed by atoms with E-state index in [-0.39, 0.29) is 22.3 Å². The van der Waals surface area contributed by atoms with Gasteiger partial charge in [-0.1, -0.05) is 29.8 Å². The van der Waals surface area contributed by atoms with Gasteiger partial charge in [0.25, 0.3) is 15.9 Å². The zero-order valence-corrected chi connectivity index (χ0v) is 27.1. The molecule has 5 aliphatic rings. The first-order valence-corrected chi connectivity index (χ1v) is 17.8. The van der Waals surface area contributed by atoms with Gasteiger partial charge in [-0.25, -0.2) is 13.1 Å². The fourth-order valence-electron chi connectivity index (χ4n) is 8.11. The number of rotatable bonds is 2. The molecule has 2 bridgehead atoms. The van der Waals surface area contributed by atoms with Crippen LogP contribution in [-0.2, 0) is 31.4 Å². The molecule has 0 saturated heterocycles. The number of carbonyl (C=O) groups excluding carboxylic acids is 1. The van der Waals surface area contributed by atoms with Crippen molar-refractivity contribution in [2.45, 2.75) is 67.4 Å². The summed E-state index contributed by atoms with van der Waals surface area (Å²) < 4.78 is 42.5. The Morgan fingerprint density at radius 1 is 1.09 bits per heavy atom. The Balaban J connectivity index is 1.31. The van der Waals surface area contributed by atoms with E-state index in [1.165, 1.54) is 11.1 Å². The number of anilines is 1. The topological polar surface area (TPSA) is 88.2 Å². The number of nitrogens with one attached hydrogen (secondary N) is 1. The first-order valence-electron chi connectivity index (χ1n) is 15.9. The number of carbonyl (C=O) groups is 1. The van der Waals surface area contributed by atoms with Crippen LogP contribution in [0.25, 0.3) is 0 Å². The molecule has 2 aromatic rings. The van der Waals surface area contributed by atoms with Crippen LogP contribution in [-0.4, -0.2) is 71.8 Å². The number of fused-ring (bicyclic) bond motifs is 4. The van der Waals surface area contributed by atoms with Crippen LogP contribution in [0.4, 0.5) is 5.69 Å². The molecule has 1 amide bonds. The van der Waals surface area contributed by atoms with E-state index in [9.17, 15) is 13.2 Å². The highest BCUT2D eigenvalue weighted by atomic mass is 35.5. The third-order valence-electron chi connectivity index (χ3n) is 10.7. The van der Waals surface area contributed by atoms with E-state index in [4.69, 9.17) is 21.1 Å². The fourth-order valence-corrected chi connectivity index (χ4v) is 9.32. The van der Waals surface area contributed by atoms with E-state index in [1.54, 1.807) is 25.3 Å². The lowest BCUT2D eigenvalue weighted by Crippen LogP contribution is -2.50. The SMILES string of the molecule is CO[C@@H]1C=CCN(C)[C@@H](C2CC2)C(=O)NS(=O)(=O)c2ccc3c(c2)N(C[C@@H]2CC[C@H]21)C[C@@]1(CCCc2cc(Cl)ccc21)CO3. The molecule has 2 saturated carbocycles. The second-order valence-electron chi connectivity index (χ2n) is 13.6. The summed E-state index contributed by atoms with van der Waals surface area (Å²) in [5.74, 6) is 1.08. The van der Waals surface area contributed by atoms with Crippen molar-refractivity contribution in [3.05, 3.63) is 64.7 Å². The van der Waals surface area contributed by atoms with Gasteiger partial charge in [0.05, 0.1) is 29.3 Å². The minimum absolute atomic E-state index is 0.0239. The van der Waals surface area contributed by atoms with Crippen LogP contribution in [0.2, 0.25) is 5.02 Å². The second-order valence-corrected chi connectivity index (χ2v) is 15.7. The molecule has 7 rings (SSSR count). The van der Waals surface area contributed by atoms with Crippen molar-refractivity contribution in [1.82, 2.24) is 9.62 Å². The normalized spacial score (nSPS) is 32.1. The summed E-state index contributed by atoms with van der Waals surface area (Å²) in [6.07, 6.45) is 11.2. The minimum Gasteiger partial charge on any atom is -0.490 e. The molecule has 0 unspecified atom stereocenters. The average Bonchev–Trinajstić information content (AvgIpc) is 3.82. The lowest BCUT2D eigenvalue weighted by molar-refractivity contribution is -0.124. The Labute approximate surface area is 265 Å². The van der Waals surface area contributed by atoms with Crippen molar-refractivity contribution >= 4 is 33.2 Å². The molecule has 2 aromatic carbocycles. The van der Waals surface area contributed by atoms with Crippen molar-refractivity contribution in [3.63, 3.8) is 0 Å². The van der Waals surface area contributed by atoms with Gasteiger partial charge in [0.15, 0.2) is 0 Å². The number of halogens is 1. The van der Waals surface area contributed by atoms with Crippen LogP contribution in [0, 0.1) is 17.8 Å². The maximum atomic E-state index is 13.7. The zero-order valence-electron chi connectivity index (χ0n) is 25.5. The maximum Gasteiger partial charge on any atom is 0.264 e. The van der Waals surface area contributed by atoms with Crippen LogP contribution in [0.15, 0.2) is 53.4 Å². The number of aryl methyl sites for hydroxylation is 1. The van der Waals surface area contributed by atoms with Gasteiger partial charge < -0.3 is 14.4 Å².